The third-order valence-corrected chi connectivity index (χ3v) is 5.59. The lowest BCUT2D eigenvalue weighted by atomic mass is 10.1. The Balaban J connectivity index is 2.02. The SMILES string of the molecule is CC(C)CNCc1ccc(N2CCSC(C)(C)C2)c(Br)c1. The lowest BCUT2D eigenvalue weighted by Crippen LogP contribution is -2.43. The van der Waals surface area contributed by atoms with Crippen molar-refractivity contribution in [3.63, 3.8) is 0 Å². The molecule has 118 valence electrons. The molecule has 1 saturated heterocycles. The molecule has 21 heavy (non-hydrogen) atoms. The molecule has 2 rings (SSSR count). The molecule has 4 heteroatoms. The summed E-state index contributed by atoms with van der Waals surface area (Å²) in [5.41, 5.74) is 2.67. The van der Waals surface area contributed by atoms with Gasteiger partial charge in [0.05, 0.1) is 5.69 Å². The van der Waals surface area contributed by atoms with Crippen molar-refractivity contribution in [2.24, 2.45) is 5.92 Å². The third-order valence-electron chi connectivity index (χ3n) is 3.66. The van der Waals surface area contributed by atoms with E-state index in [-0.39, 0.29) is 0 Å². The first-order valence-electron chi connectivity index (χ1n) is 7.75. The maximum Gasteiger partial charge on any atom is 0.0511 e. The quantitative estimate of drug-likeness (QED) is 0.819. The summed E-state index contributed by atoms with van der Waals surface area (Å²) < 4.78 is 1.56. The molecule has 0 radical (unpaired) electrons. The highest BCUT2D eigenvalue weighted by Gasteiger charge is 2.27. The van der Waals surface area contributed by atoms with Gasteiger partial charge in [-0.25, -0.2) is 0 Å². The molecule has 0 saturated carbocycles. The Morgan fingerprint density at radius 1 is 1.38 bits per heavy atom. The molecule has 0 atom stereocenters. The van der Waals surface area contributed by atoms with E-state index < -0.39 is 0 Å². The number of hydrogen-bond donors (Lipinski definition) is 1. The van der Waals surface area contributed by atoms with Crippen LogP contribution in [0.1, 0.15) is 33.3 Å². The van der Waals surface area contributed by atoms with Gasteiger partial charge in [0.25, 0.3) is 0 Å². The fourth-order valence-corrected chi connectivity index (χ4v) is 4.43. The molecule has 1 aromatic rings. The second-order valence-electron chi connectivity index (χ2n) is 6.84. The van der Waals surface area contributed by atoms with Gasteiger partial charge in [0.2, 0.25) is 0 Å². The van der Waals surface area contributed by atoms with E-state index in [2.05, 4.69) is 83.8 Å². The van der Waals surface area contributed by atoms with Gasteiger partial charge in [0.15, 0.2) is 0 Å². The van der Waals surface area contributed by atoms with Gasteiger partial charge in [-0.15, -0.1) is 0 Å². The van der Waals surface area contributed by atoms with Crippen molar-refractivity contribution in [2.75, 3.05) is 30.3 Å². The van der Waals surface area contributed by atoms with Crippen molar-refractivity contribution in [3.05, 3.63) is 28.2 Å². The van der Waals surface area contributed by atoms with Crippen LogP contribution in [0.25, 0.3) is 0 Å². The van der Waals surface area contributed by atoms with Crippen molar-refractivity contribution in [3.8, 4) is 0 Å². The molecule has 1 aromatic carbocycles. The van der Waals surface area contributed by atoms with Crippen LogP contribution in [-0.4, -0.2) is 30.1 Å². The molecule has 1 fully saturated rings. The van der Waals surface area contributed by atoms with Crippen LogP contribution in [0.4, 0.5) is 5.69 Å². The van der Waals surface area contributed by atoms with Crippen LogP contribution in [0.2, 0.25) is 0 Å². The maximum atomic E-state index is 3.76. The highest BCUT2D eigenvalue weighted by molar-refractivity contribution is 9.10. The molecule has 1 aliphatic rings. The summed E-state index contributed by atoms with van der Waals surface area (Å²) >= 11 is 5.84. The minimum Gasteiger partial charge on any atom is -0.368 e. The van der Waals surface area contributed by atoms with Crippen LogP contribution in [0.3, 0.4) is 0 Å². The van der Waals surface area contributed by atoms with E-state index in [0.29, 0.717) is 10.7 Å². The summed E-state index contributed by atoms with van der Waals surface area (Å²) in [6.07, 6.45) is 0. The average Bonchev–Trinajstić information content (AvgIpc) is 2.37. The largest absolute Gasteiger partial charge is 0.368 e. The molecule has 0 spiro atoms. The number of thioether (sulfide) groups is 1. The summed E-state index contributed by atoms with van der Waals surface area (Å²) in [7, 11) is 0. The van der Waals surface area contributed by atoms with Crippen molar-refractivity contribution < 1.29 is 0 Å². The van der Waals surface area contributed by atoms with Crippen molar-refractivity contribution in [1.82, 2.24) is 5.32 Å². The minimum absolute atomic E-state index is 0.342. The molecule has 2 nitrogen and oxygen atoms in total. The van der Waals surface area contributed by atoms with Gasteiger partial charge in [-0.2, -0.15) is 11.8 Å². The van der Waals surface area contributed by atoms with E-state index in [1.807, 2.05) is 0 Å². The van der Waals surface area contributed by atoms with Gasteiger partial charge in [-0.1, -0.05) is 19.9 Å². The smallest absolute Gasteiger partial charge is 0.0511 e. The Bertz CT molecular complexity index is 474. The number of nitrogens with zero attached hydrogens (tertiary/aromatic N) is 1. The summed E-state index contributed by atoms with van der Waals surface area (Å²) in [4.78, 5) is 2.51. The van der Waals surface area contributed by atoms with Gasteiger partial charge in [0, 0.05) is 34.6 Å². The summed E-state index contributed by atoms with van der Waals surface area (Å²) in [6.45, 7) is 13.4. The lowest BCUT2D eigenvalue weighted by molar-refractivity contribution is 0.552. The molecule has 0 unspecified atom stereocenters. The molecule has 0 aromatic heterocycles. The Labute approximate surface area is 142 Å². The zero-order valence-corrected chi connectivity index (χ0v) is 16.0. The van der Waals surface area contributed by atoms with Gasteiger partial charge in [-0.05, 0) is 59.9 Å². The first-order valence-corrected chi connectivity index (χ1v) is 9.53. The van der Waals surface area contributed by atoms with E-state index >= 15 is 0 Å². The van der Waals surface area contributed by atoms with Crippen LogP contribution < -0.4 is 10.2 Å². The van der Waals surface area contributed by atoms with Crippen LogP contribution in [0, 0.1) is 5.92 Å². The van der Waals surface area contributed by atoms with Crippen LogP contribution in [0.5, 0.6) is 0 Å². The predicted octanol–water partition coefficient (Wildman–Crippen LogP) is 4.53. The standard InChI is InChI=1S/C17H27BrN2S/c1-13(2)10-19-11-14-5-6-16(15(18)9-14)20-7-8-21-17(3,4)12-20/h5-6,9,13,19H,7-8,10-12H2,1-4H3. The maximum absolute atomic E-state index is 3.76. The van der Waals surface area contributed by atoms with E-state index in [1.54, 1.807) is 0 Å². The predicted molar refractivity (Wildman–Crippen MR) is 99.4 cm³/mol. The first-order chi connectivity index (χ1) is 9.87. The Hall–Kier alpha value is -0.190. The molecule has 0 bridgehead atoms. The second-order valence-corrected chi connectivity index (χ2v) is 9.50. The number of rotatable bonds is 5. The van der Waals surface area contributed by atoms with E-state index in [1.165, 1.54) is 21.5 Å². The Kier molecular flexibility index (Phi) is 6.04. The van der Waals surface area contributed by atoms with E-state index in [9.17, 15) is 0 Å². The van der Waals surface area contributed by atoms with Gasteiger partial charge in [0.1, 0.15) is 0 Å². The fourth-order valence-electron chi connectivity index (χ4n) is 2.64. The Morgan fingerprint density at radius 2 is 2.14 bits per heavy atom. The van der Waals surface area contributed by atoms with Crippen LogP contribution in [-0.2, 0) is 6.54 Å². The molecular formula is C17H27BrN2S. The highest BCUT2D eigenvalue weighted by Crippen LogP contribution is 2.35. The number of halogens is 1. The number of benzene rings is 1. The molecule has 0 amide bonds. The summed E-state index contributed by atoms with van der Waals surface area (Å²) in [5.74, 6) is 1.90. The second kappa shape index (κ2) is 7.38. The molecular weight excluding hydrogens is 344 g/mol. The zero-order valence-electron chi connectivity index (χ0n) is 13.6. The molecule has 1 N–H and O–H groups in total. The van der Waals surface area contributed by atoms with Gasteiger partial charge in [-0.3, -0.25) is 0 Å². The molecule has 1 heterocycles. The zero-order chi connectivity index (χ0) is 15.5. The minimum atomic E-state index is 0.342. The lowest BCUT2D eigenvalue weighted by Gasteiger charge is -2.39. The average molecular weight is 371 g/mol. The van der Waals surface area contributed by atoms with E-state index in [0.717, 1.165) is 26.2 Å². The van der Waals surface area contributed by atoms with Crippen molar-refractivity contribution in [2.45, 2.75) is 39.0 Å². The van der Waals surface area contributed by atoms with Gasteiger partial charge >= 0.3 is 0 Å². The fraction of sp³-hybridized carbons (Fsp3) is 0.647. The summed E-state index contributed by atoms with van der Waals surface area (Å²) in [5, 5.41) is 3.50. The summed E-state index contributed by atoms with van der Waals surface area (Å²) in [6, 6.07) is 6.78. The highest BCUT2D eigenvalue weighted by atomic mass is 79.9. The van der Waals surface area contributed by atoms with Crippen LogP contribution >= 0.6 is 27.7 Å². The van der Waals surface area contributed by atoms with Crippen molar-refractivity contribution >= 4 is 33.4 Å². The monoisotopic (exact) mass is 370 g/mol. The number of anilines is 1. The van der Waals surface area contributed by atoms with Crippen LogP contribution in [0.15, 0.2) is 22.7 Å². The molecule has 1 aliphatic heterocycles. The Morgan fingerprint density at radius 3 is 2.76 bits per heavy atom. The number of hydrogen-bond acceptors (Lipinski definition) is 3. The van der Waals surface area contributed by atoms with Gasteiger partial charge < -0.3 is 10.2 Å². The van der Waals surface area contributed by atoms with Crippen molar-refractivity contribution in [1.29, 1.82) is 0 Å². The third kappa shape index (κ3) is 5.19. The topological polar surface area (TPSA) is 15.3 Å². The molecule has 0 aliphatic carbocycles. The number of nitrogens with one attached hydrogen (secondary N) is 1. The normalized spacial score (nSPS) is 18.3. The van der Waals surface area contributed by atoms with E-state index in [4.69, 9.17) is 0 Å². The first kappa shape index (κ1) is 17.2.